The summed E-state index contributed by atoms with van der Waals surface area (Å²) in [6.07, 6.45) is 0.669. The fourth-order valence-electron chi connectivity index (χ4n) is 2.54. The number of nitrogens with zero attached hydrogens (tertiary/aromatic N) is 2. The number of ether oxygens (including phenoxy) is 1. The molecule has 0 aliphatic carbocycles. The molecule has 2 aromatic heterocycles. The highest BCUT2D eigenvalue weighted by molar-refractivity contribution is 7.14. The van der Waals surface area contributed by atoms with Gasteiger partial charge in [-0.3, -0.25) is 10.1 Å². The van der Waals surface area contributed by atoms with Crippen LogP contribution < -0.4 is 15.6 Å². The number of amides is 2. The zero-order chi connectivity index (χ0) is 16.4. The zero-order valence-electron chi connectivity index (χ0n) is 13.1. The van der Waals surface area contributed by atoms with E-state index in [0.717, 1.165) is 17.1 Å². The molecule has 1 aliphatic rings. The van der Waals surface area contributed by atoms with E-state index in [2.05, 4.69) is 5.32 Å². The molecule has 0 saturated carbocycles. The van der Waals surface area contributed by atoms with E-state index in [4.69, 9.17) is 4.74 Å². The molecule has 0 bridgehead atoms. The van der Waals surface area contributed by atoms with E-state index in [9.17, 15) is 9.59 Å². The normalized spacial score (nSPS) is 17.3. The molecule has 2 aromatic rings. The summed E-state index contributed by atoms with van der Waals surface area (Å²) in [5.74, 6) is 0.566. The molecule has 1 aliphatic heterocycles. The second-order valence-corrected chi connectivity index (χ2v) is 6.56. The van der Waals surface area contributed by atoms with Gasteiger partial charge in [-0.2, -0.15) is 0 Å². The van der Waals surface area contributed by atoms with Crippen LogP contribution in [0.5, 0.6) is 5.75 Å². The van der Waals surface area contributed by atoms with Crippen LogP contribution in [-0.4, -0.2) is 34.7 Å². The van der Waals surface area contributed by atoms with Crippen molar-refractivity contribution in [3.05, 3.63) is 45.7 Å². The number of aromatic nitrogens is 1. The van der Waals surface area contributed by atoms with Crippen LogP contribution in [0.2, 0.25) is 0 Å². The lowest BCUT2D eigenvalue weighted by atomic mass is 10.3. The van der Waals surface area contributed by atoms with Crippen molar-refractivity contribution in [3.63, 3.8) is 0 Å². The molecule has 1 unspecified atom stereocenters. The fraction of sp³-hybridized carbons (Fsp3) is 0.375. The van der Waals surface area contributed by atoms with Crippen molar-refractivity contribution in [1.82, 2.24) is 9.47 Å². The molecule has 1 atom stereocenters. The van der Waals surface area contributed by atoms with Crippen LogP contribution in [0.25, 0.3) is 0 Å². The molecule has 1 fully saturated rings. The van der Waals surface area contributed by atoms with E-state index in [0.29, 0.717) is 18.8 Å². The Morgan fingerprint density at radius 1 is 1.43 bits per heavy atom. The van der Waals surface area contributed by atoms with Gasteiger partial charge in [0.2, 0.25) is 0 Å². The number of urea groups is 1. The number of anilines is 1. The van der Waals surface area contributed by atoms with Crippen LogP contribution in [0.15, 0.2) is 34.4 Å². The molecule has 3 rings (SSSR count). The second-order valence-electron chi connectivity index (χ2n) is 5.61. The fourth-order valence-corrected chi connectivity index (χ4v) is 3.15. The van der Waals surface area contributed by atoms with Gasteiger partial charge in [-0.15, -0.1) is 11.3 Å². The minimum absolute atomic E-state index is 0.0874. The molecular formula is C16H19N3O3S. The Bertz CT molecular complexity index is 754. The van der Waals surface area contributed by atoms with Crippen molar-refractivity contribution >= 4 is 22.4 Å². The Hall–Kier alpha value is -2.28. The monoisotopic (exact) mass is 333 g/mol. The van der Waals surface area contributed by atoms with Crippen LogP contribution in [0.4, 0.5) is 9.80 Å². The summed E-state index contributed by atoms with van der Waals surface area (Å²) in [6.45, 7) is 3.03. The SMILES string of the molecule is Cc1cc(OC2CCN(C(=O)Nc3cccs3)C2)cc(=O)n1C. The van der Waals surface area contributed by atoms with E-state index in [-0.39, 0.29) is 17.7 Å². The highest BCUT2D eigenvalue weighted by Crippen LogP contribution is 2.20. The molecule has 2 amide bonds. The lowest BCUT2D eigenvalue weighted by Gasteiger charge is -2.17. The third-order valence-corrected chi connectivity index (χ3v) is 4.75. The molecular weight excluding hydrogens is 314 g/mol. The molecule has 0 radical (unpaired) electrons. The average molecular weight is 333 g/mol. The molecule has 1 saturated heterocycles. The molecule has 7 heteroatoms. The Labute approximate surface area is 138 Å². The standard InChI is InChI=1S/C16H19N3O3S/c1-11-8-13(9-15(20)18(11)2)22-12-5-6-19(10-12)16(21)17-14-4-3-7-23-14/h3-4,7-9,12H,5-6,10H2,1-2H3,(H,17,21). The van der Waals surface area contributed by atoms with Gasteiger partial charge in [-0.05, 0) is 30.5 Å². The minimum Gasteiger partial charge on any atom is -0.488 e. The number of hydrogen-bond acceptors (Lipinski definition) is 4. The Balaban J connectivity index is 1.59. The summed E-state index contributed by atoms with van der Waals surface area (Å²) in [5, 5.41) is 5.63. The maximum Gasteiger partial charge on any atom is 0.322 e. The summed E-state index contributed by atoms with van der Waals surface area (Å²) >= 11 is 1.49. The van der Waals surface area contributed by atoms with Crippen LogP contribution >= 0.6 is 11.3 Å². The quantitative estimate of drug-likeness (QED) is 0.938. The van der Waals surface area contributed by atoms with E-state index in [1.807, 2.05) is 30.5 Å². The van der Waals surface area contributed by atoms with Gasteiger partial charge in [-0.25, -0.2) is 4.79 Å². The predicted molar refractivity (Wildman–Crippen MR) is 90.4 cm³/mol. The number of pyridine rings is 1. The third kappa shape index (κ3) is 3.56. The Kier molecular flexibility index (Phi) is 4.38. The van der Waals surface area contributed by atoms with Crippen molar-refractivity contribution in [2.75, 3.05) is 18.4 Å². The number of carbonyl (C=O) groups excluding carboxylic acids is 1. The summed E-state index contributed by atoms with van der Waals surface area (Å²) in [7, 11) is 1.73. The second kappa shape index (κ2) is 6.45. The lowest BCUT2D eigenvalue weighted by Crippen LogP contribution is -2.34. The maximum absolute atomic E-state index is 12.2. The first-order chi connectivity index (χ1) is 11.0. The summed E-state index contributed by atoms with van der Waals surface area (Å²) in [5.41, 5.74) is 0.753. The predicted octanol–water partition coefficient (Wildman–Crippen LogP) is 2.44. The Morgan fingerprint density at radius 2 is 2.26 bits per heavy atom. The van der Waals surface area contributed by atoms with Crippen LogP contribution in [0.1, 0.15) is 12.1 Å². The van der Waals surface area contributed by atoms with Crippen LogP contribution in [0, 0.1) is 6.92 Å². The number of likely N-dealkylation sites (tertiary alicyclic amines) is 1. The number of thiophene rings is 1. The van der Waals surface area contributed by atoms with Gasteiger partial charge < -0.3 is 14.2 Å². The van der Waals surface area contributed by atoms with Gasteiger partial charge in [0, 0.05) is 31.8 Å². The largest absolute Gasteiger partial charge is 0.488 e. The highest BCUT2D eigenvalue weighted by atomic mass is 32.1. The van der Waals surface area contributed by atoms with Gasteiger partial charge in [0.1, 0.15) is 11.9 Å². The first-order valence-corrected chi connectivity index (χ1v) is 8.34. The number of nitrogens with one attached hydrogen (secondary N) is 1. The molecule has 6 nitrogen and oxygen atoms in total. The summed E-state index contributed by atoms with van der Waals surface area (Å²) in [4.78, 5) is 25.7. The van der Waals surface area contributed by atoms with Crippen molar-refractivity contribution in [3.8, 4) is 5.75 Å². The third-order valence-electron chi connectivity index (χ3n) is 3.96. The van der Waals surface area contributed by atoms with Crippen molar-refractivity contribution in [2.24, 2.45) is 7.05 Å². The van der Waals surface area contributed by atoms with Crippen LogP contribution in [0.3, 0.4) is 0 Å². The van der Waals surface area contributed by atoms with Gasteiger partial charge in [-0.1, -0.05) is 0 Å². The summed E-state index contributed by atoms with van der Waals surface area (Å²) < 4.78 is 7.45. The lowest BCUT2D eigenvalue weighted by molar-refractivity contribution is 0.194. The number of aryl methyl sites for hydroxylation is 1. The van der Waals surface area contributed by atoms with Gasteiger partial charge in [0.15, 0.2) is 0 Å². The van der Waals surface area contributed by atoms with Gasteiger partial charge >= 0.3 is 6.03 Å². The van der Waals surface area contributed by atoms with Gasteiger partial charge in [0.25, 0.3) is 5.56 Å². The average Bonchev–Trinajstić information content (AvgIpc) is 3.16. The molecule has 1 N–H and O–H groups in total. The molecule has 3 heterocycles. The Morgan fingerprint density at radius 3 is 2.96 bits per heavy atom. The van der Waals surface area contributed by atoms with Crippen molar-refractivity contribution < 1.29 is 9.53 Å². The molecule has 0 aromatic carbocycles. The van der Waals surface area contributed by atoms with Crippen LogP contribution in [-0.2, 0) is 7.05 Å². The topological polar surface area (TPSA) is 63.6 Å². The van der Waals surface area contributed by atoms with Gasteiger partial charge in [0.05, 0.1) is 11.5 Å². The van der Waals surface area contributed by atoms with E-state index >= 15 is 0 Å². The first-order valence-electron chi connectivity index (χ1n) is 7.46. The maximum atomic E-state index is 12.2. The van der Waals surface area contributed by atoms with E-state index in [1.165, 1.54) is 17.4 Å². The molecule has 122 valence electrons. The minimum atomic E-state index is -0.112. The van der Waals surface area contributed by atoms with E-state index in [1.54, 1.807) is 16.5 Å². The van der Waals surface area contributed by atoms with Crippen molar-refractivity contribution in [1.29, 1.82) is 0 Å². The number of carbonyl (C=O) groups is 1. The number of hydrogen-bond donors (Lipinski definition) is 1. The zero-order valence-corrected chi connectivity index (χ0v) is 13.9. The van der Waals surface area contributed by atoms with Crippen molar-refractivity contribution in [2.45, 2.75) is 19.4 Å². The van der Waals surface area contributed by atoms with E-state index < -0.39 is 0 Å². The molecule has 0 spiro atoms. The molecule has 23 heavy (non-hydrogen) atoms. The smallest absolute Gasteiger partial charge is 0.322 e. The highest BCUT2D eigenvalue weighted by Gasteiger charge is 2.28. The number of rotatable bonds is 3. The summed E-state index contributed by atoms with van der Waals surface area (Å²) in [6, 6.07) is 6.99. The first kappa shape index (κ1) is 15.6.